The SMILES string of the molecule is O=C=C(O)C(=O)CCl. The first-order valence-electron chi connectivity index (χ1n) is 1.75. The van der Waals surface area contributed by atoms with Gasteiger partial charge in [-0.15, -0.1) is 11.6 Å². The van der Waals surface area contributed by atoms with Gasteiger partial charge in [0.05, 0.1) is 5.88 Å². The van der Waals surface area contributed by atoms with Gasteiger partial charge in [-0.05, 0) is 0 Å². The molecule has 0 saturated carbocycles. The standard InChI is InChI=1S/C4H3ClO3/c5-1-3(7)4(8)2-6/h8H,1H2. The van der Waals surface area contributed by atoms with Crippen LogP contribution in [-0.4, -0.2) is 22.7 Å². The van der Waals surface area contributed by atoms with Crippen LogP contribution in [0.25, 0.3) is 0 Å². The molecule has 0 aliphatic carbocycles. The van der Waals surface area contributed by atoms with E-state index in [1.807, 2.05) is 0 Å². The normalized spacial score (nSPS) is 7.62. The summed E-state index contributed by atoms with van der Waals surface area (Å²) in [5.41, 5.74) is 0. The topological polar surface area (TPSA) is 54.4 Å². The quantitative estimate of drug-likeness (QED) is 0.252. The average Bonchev–Trinajstić information content (AvgIpc) is 1.84. The predicted octanol–water partition coefficient (Wildman–Crippen LogP) is 0.0678. The Morgan fingerprint density at radius 1 is 1.75 bits per heavy atom. The lowest BCUT2D eigenvalue weighted by atomic mass is 10.4. The van der Waals surface area contributed by atoms with E-state index in [1.54, 1.807) is 0 Å². The number of ketones is 1. The summed E-state index contributed by atoms with van der Waals surface area (Å²) in [7, 11) is 0. The maximum Gasteiger partial charge on any atom is 0.246 e. The molecule has 0 aromatic rings. The molecule has 44 valence electrons. The Balaban J connectivity index is 4.04. The van der Waals surface area contributed by atoms with Crippen LogP contribution in [-0.2, 0) is 9.59 Å². The zero-order chi connectivity index (χ0) is 6.57. The molecule has 0 heterocycles. The molecule has 0 atom stereocenters. The Morgan fingerprint density at radius 2 is 2.25 bits per heavy atom. The zero-order valence-electron chi connectivity index (χ0n) is 3.85. The maximum atomic E-state index is 10.1. The fourth-order valence-electron chi connectivity index (χ4n) is 0.120. The van der Waals surface area contributed by atoms with Gasteiger partial charge in [0.15, 0.2) is 5.94 Å². The monoisotopic (exact) mass is 134 g/mol. The minimum absolute atomic E-state index is 0.388. The van der Waals surface area contributed by atoms with Crippen LogP contribution in [0.2, 0.25) is 0 Å². The van der Waals surface area contributed by atoms with Crippen LogP contribution in [0.4, 0.5) is 0 Å². The number of carbonyl (C=O) groups excluding carboxylic acids is 2. The lowest BCUT2D eigenvalue weighted by Gasteiger charge is -1.83. The molecule has 3 nitrogen and oxygen atoms in total. The molecule has 0 radical (unpaired) electrons. The zero-order valence-corrected chi connectivity index (χ0v) is 4.60. The number of carbonyl (C=O) groups is 1. The van der Waals surface area contributed by atoms with Crippen molar-refractivity contribution in [3.05, 3.63) is 5.76 Å². The Labute approximate surface area is 50.6 Å². The van der Waals surface area contributed by atoms with Crippen molar-refractivity contribution < 1.29 is 14.7 Å². The third-order valence-electron chi connectivity index (χ3n) is 0.482. The van der Waals surface area contributed by atoms with Crippen molar-refractivity contribution in [3.8, 4) is 0 Å². The van der Waals surface area contributed by atoms with E-state index >= 15 is 0 Å². The molecule has 0 unspecified atom stereocenters. The number of hydrogen-bond acceptors (Lipinski definition) is 3. The second-order valence-electron chi connectivity index (χ2n) is 1.01. The smallest absolute Gasteiger partial charge is 0.246 e. The summed E-state index contributed by atoms with van der Waals surface area (Å²) in [4.78, 5) is 19.5. The van der Waals surface area contributed by atoms with Gasteiger partial charge < -0.3 is 5.11 Å². The van der Waals surface area contributed by atoms with E-state index in [4.69, 9.17) is 16.7 Å². The highest BCUT2D eigenvalue weighted by atomic mass is 35.5. The molecule has 0 aliphatic rings. The molecule has 0 bridgehead atoms. The van der Waals surface area contributed by atoms with Crippen molar-refractivity contribution in [2.45, 2.75) is 0 Å². The number of aliphatic hydroxyl groups is 1. The van der Waals surface area contributed by atoms with Crippen molar-refractivity contribution in [2.75, 3.05) is 5.88 Å². The number of alkyl halides is 1. The molecular weight excluding hydrogens is 131 g/mol. The Hall–Kier alpha value is -0.790. The van der Waals surface area contributed by atoms with Crippen LogP contribution < -0.4 is 0 Å². The number of halogens is 1. The minimum atomic E-state index is -0.944. The third kappa shape index (κ3) is 1.78. The highest BCUT2D eigenvalue weighted by molar-refractivity contribution is 6.30. The first-order chi connectivity index (χ1) is 3.72. The van der Waals surface area contributed by atoms with Crippen molar-refractivity contribution in [1.82, 2.24) is 0 Å². The van der Waals surface area contributed by atoms with Gasteiger partial charge in [-0.1, -0.05) is 0 Å². The second kappa shape index (κ2) is 3.24. The van der Waals surface area contributed by atoms with Crippen LogP contribution in [0.15, 0.2) is 5.76 Å². The largest absolute Gasteiger partial charge is 0.496 e. The Morgan fingerprint density at radius 3 is 2.38 bits per heavy atom. The van der Waals surface area contributed by atoms with E-state index in [1.165, 1.54) is 0 Å². The minimum Gasteiger partial charge on any atom is -0.496 e. The van der Waals surface area contributed by atoms with E-state index in [0.29, 0.717) is 0 Å². The van der Waals surface area contributed by atoms with E-state index < -0.39 is 11.5 Å². The summed E-state index contributed by atoms with van der Waals surface area (Å²) >= 11 is 4.92. The first kappa shape index (κ1) is 7.21. The van der Waals surface area contributed by atoms with Gasteiger partial charge in [0.25, 0.3) is 0 Å². The van der Waals surface area contributed by atoms with E-state index in [2.05, 4.69) is 0 Å². The van der Waals surface area contributed by atoms with Gasteiger partial charge in [-0.25, -0.2) is 4.79 Å². The summed E-state index contributed by atoms with van der Waals surface area (Å²) in [6.07, 6.45) is 0. The first-order valence-corrected chi connectivity index (χ1v) is 2.29. The molecule has 0 aliphatic heterocycles. The van der Waals surface area contributed by atoms with Gasteiger partial charge in [0, 0.05) is 0 Å². The molecule has 0 rings (SSSR count). The Kier molecular flexibility index (Phi) is 2.92. The van der Waals surface area contributed by atoms with E-state index in [-0.39, 0.29) is 5.88 Å². The Bertz CT molecular complexity index is 145. The molecule has 0 amide bonds. The van der Waals surface area contributed by atoms with Crippen LogP contribution in [0, 0.1) is 0 Å². The fourth-order valence-corrected chi connectivity index (χ4v) is 0.247. The number of aliphatic hydroxyl groups excluding tert-OH is 1. The van der Waals surface area contributed by atoms with Crippen molar-refractivity contribution in [3.63, 3.8) is 0 Å². The summed E-state index contributed by atoms with van der Waals surface area (Å²) in [6, 6.07) is 0. The molecule has 4 heteroatoms. The highest BCUT2D eigenvalue weighted by Crippen LogP contribution is 1.85. The third-order valence-corrected chi connectivity index (χ3v) is 0.725. The van der Waals surface area contributed by atoms with Crippen LogP contribution >= 0.6 is 11.6 Å². The molecule has 8 heavy (non-hydrogen) atoms. The molecule has 1 N–H and O–H groups in total. The molecule has 0 spiro atoms. The highest BCUT2D eigenvalue weighted by Gasteiger charge is 2.04. The molecular formula is C4H3ClO3. The summed E-state index contributed by atoms with van der Waals surface area (Å²) in [6.45, 7) is 0. The van der Waals surface area contributed by atoms with Crippen LogP contribution in [0.1, 0.15) is 0 Å². The lowest BCUT2D eigenvalue weighted by molar-refractivity contribution is -0.115. The van der Waals surface area contributed by atoms with Gasteiger partial charge in [0.2, 0.25) is 11.5 Å². The average molecular weight is 135 g/mol. The number of rotatable bonds is 2. The molecule has 0 aromatic carbocycles. The molecule has 0 fully saturated rings. The number of Topliss-reactive ketones (excluding diaryl/α,β-unsaturated/α-hetero) is 1. The summed E-state index contributed by atoms with van der Waals surface area (Å²) in [5, 5.41) is 8.19. The van der Waals surface area contributed by atoms with Gasteiger partial charge in [0.1, 0.15) is 0 Å². The predicted molar refractivity (Wildman–Crippen MR) is 27.6 cm³/mol. The number of hydrogen-bond donors (Lipinski definition) is 1. The van der Waals surface area contributed by atoms with Crippen molar-refractivity contribution in [1.29, 1.82) is 0 Å². The van der Waals surface area contributed by atoms with E-state index in [0.717, 1.165) is 5.94 Å². The molecule has 0 aromatic heterocycles. The van der Waals surface area contributed by atoms with Gasteiger partial charge in [-0.3, -0.25) is 4.79 Å². The summed E-state index contributed by atoms with van der Waals surface area (Å²) < 4.78 is 0. The van der Waals surface area contributed by atoms with Gasteiger partial charge >= 0.3 is 0 Å². The van der Waals surface area contributed by atoms with Crippen molar-refractivity contribution >= 4 is 23.3 Å². The fraction of sp³-hybridized carbons (Fsp3) is 0.250. The van der Waals surface area contributed by atoms with Gasteiger partial charge in [-0.2, -0.15) is 0 Å². The molecule has 0 saturated heterocycles. The van der Waals surface area contributed by atoms with Crippen molar-refractivity contribution in [2.24, 2.45) is 0 Å². The maximum absolute atomic E-state index is 10.1. The second-order valence-corrected chi connectivity index (χ2v) is 1.27. The number of allylic oxidation sites excluding steroid dienone is 1. The summed E-state index contributed by atoms with van der Waals surface area (Å²) in [5.74, 6) is -1.13. The van der Waals surface area contributed by atoms with Crippen LogP contribution in [0.3, 0.4) is 0 Å². The van der Waals surface area contributed by atoms with E-state index in [9.17, 15) is 9.59 Å². The van der Waals surface area contributed by atoms with Crippen LogP contribution in [0.5, 0.6) is 0 Å². The lowest BCUT2D eigenvalue weighted by Crippen LogP contribution is -2.02.